The first kappa shape index (κ1) is 20.0. The molecular formula is C19H25ClN2O2. The van der Waals surface area contributed by atoms with E-state index in [1.54, 1.807) is 0 Å². The SMILES string of the molecule is Cc1cccc(Oc2ccccc2CNC(=O)C(C)C(C)N)c1.Cl. The monoisotopic (exact) mass is 348 g/mol. The highest BCUT2D eigenvalue weighted by Gasteiger charge is 2.17. The van der Waals surface area contributed by atoms with Crippen molar-refractivity contribution in [2.24, 2.45) is 11.7 Å². The number of amides is 1. The van der Waals surface area contributed by atoms with Gasteiger partial charge >= 0.3 is 0 Å². The number of benzene rings is 2. The standard InChI is InChI=1S/C19H24N2O2.ClH/c1-13-7-6-9-17(11-13)23-18-10-5-4-8-16(18)12-21-19(22)14(2)15(3)20;/h4-11,14-15H,12,20H2,1-3H3,(H,21,22);1H. The van der Waals surface area contributed by atoms with Crippen LogP contribution in [0.2, 0.25) is 0 Å². The van der Waals surface area contributed by atoms with E-state index < -0.39 is 0 Å². The smallest absolute Gasteiger partial charge is 0.224 e. The first-order chi connectivity index (χ1) is 11.0. The zero-order valence-corrected chi connectivity index (χ0v) is 15.1. The van der Waals surface area contributed by atoms with Gasteiger partial charge in [0.2, 0.25) is 5.91 Å². The summed E-state index contributed by atoms with van der Waals surface area (Å²) in [7, 11) is 0. The van der Waals surface area contributed by atoms with E-state index in [2.05, 4.69) is 5.32 Å². The quantitative estimate of drug-likeness (QED) is 0.834. The maximum Gasteiger partial charge on any atom is 0.224 e. The predicted molar refractivity (Wildman–Crippen MR) is 99.6 cm³/mol. The molecule has 2 rings (SSSR count). The lowest BCUT2D eigenvalue weighted by atomic mass is 10.0. The number of carbonyl (C=O) groups is 1. The van der Waals surface area contributed by atoms with Gasteiger partial charge in [-0.1, -0.05) is 37.3 Å². The molecule has 0 spiro atoms. The van der Waals surface area contributed by atoms with Crippen LogP contribution in [0.25, 0.3) is 0 Å². The Morgan fingerprint density at radius 3 is 2.54 bits per heavy atom. The van der Waals surface area contributed by atoms with E-state index >= 15 is 0 Å². The summed E-state index contributed by atoms with van der Waals surface area (Å²) in [5.41, 5.74) is 7.83. The number of ether oxygens (including phenoxy) is 1. The first-order valence-electron chi connectivity index (χ1n) is 7.83. The maximum atomic E-state index is 12.0. The Labute approximate surface area is 149 Å². The average Bonchev–Trinajstić information content (AvgIpc) is 2.53. The summed E-state index contributed by atoms with van der Waals surface area (Å²) in [5.74, 6) is 1.25. The second-order valence-corrected chi connectivity index (χ2v) is 5.89. The normalized spacial score (nSPS) is 12.7. The number of hydrogen-bond donors (Lipinski definition) is 2. The molecule has 0 bridgehead atoms. The van der Waals surface area contributed by atoms with Crippen molar-refractivity contribution in [2.45, 2.75) is 33.4 Å². The molecule has 3 N–H and O–H groups in total. The van der Waals surface area contributed by atoms with E-state index in [4.69, 9.17) is 10.5 Å². The Morgan fingerprint density at radius 2 is 1.88 bits per heavy atom. The molecule has 2 aromatic carbocycles. The molecule has 2 unspecified atom stereocenters. The number of aryl methyl sites for hydroxylation is 1. The van der Waals surface area contributed by atoms with Crippen LogP contribution in [-0.4, -0.2) is 11.9 Å². The lowest BCUT2D eigenvalue weighted by molar-refractivity contribution is -0.125. The van der Waals surface area contributed by atoms with Crippen molar-refractivity contribution >= 4 is 18.3 Å². The van der Waals surface area contributed by atoms with Crippen molar-refractivity contribution < 1.29 is 9.53 Å². The second-order valence-electron chi connectivity index (χ2n) is 5.89. The minimum Gasteiger partial charge on any atom is -0.457 e. The summed E-state index contributed by atoms with van der Waals surface area (Å²) in [6.07, 6.45) is 0. The van der Waals surface area contributed by atoms with Crippen LogP contribution in [0.15, 0.2) is 48.5 Å². The summed E-state index contributed by atoms with van der Waals surface area (Å²) in [6, 6.07) is 15.4. The number of carbonyl (C=O) groups excluding carboxylic acids is 1. The second kappa shape index (κ2) is 9.30. The van der Waals surface area contributed by atoms with Crippen LogP contribution in [-0.2, 0) is 11.3 Å². The fourth-order valence-corrected chi connectivity index (χ4v) is 2.14. The molecule has 130 valence electrons. The molecule has 0 heterocycles. The van der Waals surface area contributed by atoms with Gasteiger partial charge in [-0.2, -0.15) is 0 Å². The van der Waals surface area contributed by atoms with Gasteiger partial charge in [-0.05, 0) is 37.6 Å². The molecule has 5 heteroatoms. The van der Waals surface area contributed by atoms with Crippen LogP contribution in [0.3, 0.4) is 0 Å². The number of halogens is 1. The lowest BCUT2D eigenvalue weighted by Crippen LogP contribution is -2.38. The van der Waals surface area contributed by atoms with Crippen molar-refractivity contribution in [2.75, 3.05) is 0 Å². The van der Waals surface area contributed by atoms with Gasteiger partial charge in [0.05, 0.1) is 0 Å². The van der Waals surface area contributed by atoms with E-state index in [1.165, 1.54) is 0 Å². The molecule has 0 saturated heterocycles. The Morgan fingerprint density at radius 1 is 1.17 bits per heavy atom. The van der Waals surface area contributed by atoms with E-state index in [-0.39, 0.29) is 30.3 Å². The first-order valence-corrected chi connectivity index (χ1v) is 7.83. The number of hydrogen-bond acceptors (Lipinski definition) is 3. The molecule has 0 aliphatic carbocycles. The zero-order chi connectivity index (χ0) is 16.8. The van der Waals surface area contributed by atoms with Gasteiger partial charge in [0.1, 0.15) is 11.5 Å². The summed E-state index contributed by atoms with van der Waals surface area (Å²) in [5, 5.41) is 2.92. The van der Waals surface area contributed by atoms with Crippen molar-refractivity contribution in [3.05, 3.63) is 59.7 Å². The topological polar surface area (TPSA) is 64.3 Å². The largest absolute Gasteiger partial charge is 0.457 e. The number of rotatable bonds is 6. The Bertz CT molecular complexity index is 674. The average molecular weight is 349 g/mol. The van der Waals surface area contributed by atoms with E-state index in [0.29, 0.717) is 6.54 Å². The fourth-order valence-electron chi connectivity index (χ4n) is 2.14. The molecule has 0 radical (unpaired) electrons. The third kappa shape index (κ3) is 5.55. The van der Waals surface area contributed by atoms with Gasteiger partial charge < -0.3 is 15.8 Å². The van der Waals surface area contributed by atoms with Gasteiger partial charge in [-0.15, -0.1) is 12.4 Å². The third-order valence-corrected chi connectivity index (χ3v) is 3.85. The Kier molecular flexibility index (Phi) is 7.75. The summed E-state index contributed by atoms with van der Waals surface area (Å²) < 4.78 is 5.95. The summed E-state index contributed by atoms with van der Waals surface area (Å²) >= 11 is 0. The van der Waals surface area contributed by atoms with Gasteiger partial charge in [0.15, 0.2) is 0 Å². The van der Waals surface area contributed by atoms with Crippen LogP contribution in [0.1, 0.15) is 25.0 Å². The van der Waals surface area contributed by atoms with Crippen molar-refractivity contribution in [3.63, 3.8) is 0 Å². The lowest BCUT2D eigenvalue weighted by Gasteiger charge is -2.16. The van der Waals surface area contributed by atoms with E-state index in [0.717, 1.165) is 22.6 Å². The minimum atomic E-state index is -0.222. The van der Waals surface area contributed by atoms with E-state index in [9.17, 15) is 4.79 Å². The molecule has 0 aliphatic heterocycles. The van der Waals surface area contributed by atoms with Crippen LogP contribution in [0.5, 0.6) is 11.5 Å². The van der Waals surface area contributed by atoms with Gasteiger partial charge in [-0.25, -0.2) is 0 Å². The molecule has 0 aromatic heterocycles. The van der Waals surface area contributed by atoms with Gasteiger partial charge in [0.25, 0.3) is 0 Å². The minimum absolute atomic E-state index is 0. The predicted octanol–water partition coefficient (Wildman–Crippen LogP) is 3.81. The number of para-hydroxylation sites is 1. The van der Waals surface area contributed by atoms with Crippen LogP contribution in [0.4, 0.5) is 0 Å². The Hall–Kier alpha value is -2.04. The highest BCUT2D eigenvalue weighted by Crippen LogP contribution is 2.25. The molecule has 24 heavy (non-hydrogen) atoms. The Balaban J connectivity index is 0.00000288. The third-order valence-electron chi connectivity index (χ3n) is 3.85. The summed E-state index contributed by atoms with van der Waals surface area (Å²) in [4.78, 5) is 12.0. The molecule has 0 aliphatic rings. The van der Waals surface area contributed by atoms with Crippen LogP contribution in [0, 0.1) is 12.8 Å². The van der Waals surface area contributed by atoms with Crippen LogP contribution >= 0.6 is 12.4 Å². The number of nitrogens with two attached hydrogens (primary N) is 1. The van der Waals surface area contributed by atoms with E-state index in [1.807, 2.05) is 69.3 Å². The molecule has 2 aromatic rings. The number of nitrogens with one attached hydrogen (secondary N) is 1. The van der Waals surface area contributed by atoms with Gasteiger partial charge in [-0.3, -0.25) is 4.79 Å². The molecule has 0 fully saturated rings. The molecule has 2 atom stereocenters. The summed E-state index contributed by atoms with van der Waals surface area (Å²) in [6.45, 7) is 6.10. The molecule has 4 nitrogen and oxygen atoms in total. The zero-order valence-electron chi connectivity index (χ0n) is 14.3. The fraction of sp³-hybridized carbons (Fsp3) is 0.316. The molecule has 0 saturated carbocycles. The molecular weight excluding hydrogens is 324 g/mol. The van der Waals surface area contributed by atoms with Crippen molar-refractivity contribution in [1.29, 1.82) is 0 Å². The molecule has 1 amide bonds. The van der Waals surface area contributed by atoms with Crippen molar-refractivity contribution in [3.8, 4) is 11.5 Å². The maximum absolute atomic E-state index is 12.0. The van der Waals surface area contributed by atoms with Crippen LogP contribution < -0.4 is 15.8 Å². The van der Waals surface area contributed by atoms with Crippen molar-refractivity contribution in [1.82, 2.24) is 5.32 Å². The highest BCUT2D eigenvalue weighted by molar-refractivity contribution is 5.85. The highest BCUT2D eigenvalue weighted by atomic mass is 35.5. The van der Waals surface area contributed by atoms with Gasteiger partial charge in [0, 0.05) is 24.1 Å².